The largest absolute Gasteiger partial charge is 0.389 e. The maximum Gasteiger partial charge on any atom is 0.225 e. The summed E-state index contributed by atoms with van der Waals surface area (Å²) in [4.78, 5) is 14.6. The number of rotatable bonds is 8. The van der Waals surface area contributed by atoms with Gasteiger partial charge in [0.2, 0.25) is 5.91 Å². The Balaban J connectivity index is 2.24. The van der Waals surface area contributed by atoms with Crippen LogP contribution in [0.2, 0.25) is 0 Å². The highest BCUT2D eigenvalue weighted by Gasteiger charge is 2.30. The van der Waals surface area contributed by atoms with Crippen molar-refractivity contribution in [3.05, 3.63) is 71.8 Å². The van der Waals surface area contributed by atoms with Crippen LogP contribution in [0.25, 0.3) is 0 Å². The molecule has 1 amide bonds. The summed E-state index contributed by atoms with van der Waals surface area (Å²) in [5, 5.41) is 10.5. The second kappa shape index (κ2) is 8.82. The van der Waals surface area contributed by atoms with Gasteiger partial charge in [-0.25, -0.2) is 0 Å². The number of carbonyl (C=O) groups is 1. The topological polar surface area (TPSA) is 40.5 Å². The van der Waals surface area contributed by atoms with Crippen LogP contribution in [0.4, 0.5) is 0 Å². The lowest BCUT2D eigenvalue weighted by molar-refractivity contribution is -0.137. The second-order valence-corrected chi connectivity index (χ2v) is 6.73. The molecule has 1 N–H and O–H groups in total. The molecule has 0 aliphatic carbocycles. The van der Waals surface area contributed by atoms with E-state index in [0.717, 1.165) is 12.0 Å². The number of nitrogens with zero attached hydrogens (tertiary/aromatic N) is 1. The summed E-state index contributed by atoms with van der Waals surface area (Å²) in [6.07, 6.45) is 2.08. The molecule has 3 heteroatoms. The van der Waals surface area contributed by atoms with E-state index in [1.807, 2.05) is 57.3 Å². The molecule has 0 bridgehead atoms. The minimum absolute atomic E-state index is 0.0176. The molecule has 0 spiro atoms. The van der Waals surface area contributed by atoms with Crippen molar-refractivity contribution in [1.82, 2.24) is 4.90 Å². The van der Waals surface area contributed by atoms with Gasteiger partial charge in [0.15, 0.2) is 0 Å². The number of amides is 1. The van der Waals surface area contributed by atoms with E-state index in [1.165, 1.54) is 5.56 Å². The Morgan fingerprint density at radius 1 is 1.00 bits per heavy atom. The van der Waals surface area contributed by atoms with Gasteiger partial charge in [-0.3, -0.25) is 4.79 Å². The summed E-state index contributed by atoms with van der Waals surface area (Å²) in [7, 11) is 1.84. The monoisotopic (exact) mass is 339 g/mol. The maximum absolute atomic E-state index is 12.8. The molecule has 3 nitrogen and oxygen atoms in total. The summed E-state index contributed by atoms with van der Waals surface area (Å²) >= 11 is 0. The van der Waals surface area contributed by atoms with Crippen molar-refractivity contribution >= 4 is 5.91 Å². The van der Waals surface area contributed by atoms with Crippen LogP contribution in [-0.2, 0) is 11.2 Å². The third kappa shape index (κ3) is 5.17. The normalized spacial score (nSPS) is 12.6. The Kier molecular flexibility index (Phi) is 6.77. The molecule has 0 fully saturated rings. The molecule has 2 rings (SSSR count). The molecule has 0 heterocycles. The Bertz CT molecular complexity index is 650. The van der Waals surface area contributed by atoms with Crippen molar-refractivity contribution in [2.45, 2.75) is 51.2 Å². The van der Waals surface area contributed by atoms with Crippen LogP contribution in [-0.4, -0.2) is 28.6 Å². The second-order valence-electron chi connectivity index (χ2n) is 6.73. The molecule has 134 valence electrons. The van der Waals surface area contributed by atoms with Crippen molar-refractivity contribution < 1.29 is 9.90 Å². The van der Waals surface area contributed by atoms with E-state index >= 15 is 0 Å². The summed E-state index contributed by atoms with van der Waals surface area (Å²) in [5.74, 6) is -0.0176. The van der Waals surface area contributed by atoms with Gasteiger partial charge in [-0.1, -0.05) is 74.5 Å². The molecule has 0 radical (unpaired) electrons. The molecule has 0 aliphatic heterocycles. The predicted molar refractivity (Wildman–Crippen MR) is 102 cm³/mol. The fourth-order valence-electron chi connectivity index (χ4n) is 3.07. The number of benzene rings is 2. The average Bonchev–Trinajstić information content (AvgIpc) is 2.67. The summed E-state index contributed by atoms with van der Waals surface area (Å²) in [6.45, 7) is 3.85. The third-order valence-corrected chi connectivity index (χ3v) is 5.11. The van der Waals surface area contributed by atoms with Crippen molar-refractivity contribution in [3.63, 3.8) is 0 Å². The average molecular weight is 339 g/mol. The lowest BCUT2D eigenvalue weighted by Crippen LogP contribution is -2.39. The molecule has 0 saturated heterocycles. The molecule has 2 aromatic rings. The Hall–Kier alpha value is -2.13. The fraction of sp³-hybridized carbons (Fsp3) is 0.409. The standard InChI is InChI=1S/C22H29NO2/c1-4-22(25,5-2)17-21(24)23(3)20(19-14-10-7-11-15-19)16-18-12-8-6-9-13-18/h6-15,20,25H,4-5,16-17H2,1-3H3. The highest BCUT2D eigenvalue weighted by Crippen LogP contribution is 2.27. The Labute approximate surface area is 151 Å². The van der Waals surface area contributed by atoms with Gasteiger partial charge in [0.05, 0.1) is 18.1 Å². The van der Waals surface area contributed by atoms with Crippen LogP contribution in [0.5, 0.6) is 0 Å². The first kappa shape index (κ1) is 19.2. The molecular formula is C22H29NO2. The Morgan fingerprint density at radius 2 is 1.52 bits per heavy atom. The Morgan fingerprint density at radius 3 is 2.04 bits per heavy atom. The van der Waals surface area contributed by atoms with Crippen molar-refractivity contribution in [2.75, 3.05) is 7.05 Å². The van der Waals surface area contributed by atoms with E-state index in [-0.39, 0.29) is 18.4 Å². The number of aliphatic hydroxyl groups is 1. The molecule has 2 aromatic carbocycles. The van der Waals surface area contributed by atoms with E-state index in [4.69, 9.17) is 0 Å². The van der Waals surface area contributed by atoms with E-state index in [0.29, 0.717) is 12.8 Å². The quantitative estimate of drug-likeness (QED) is 0.776. The maximum atomic E-state index is 12.8. The van der Waals surface area contributed by atoms with Gasteiger partial charge in [0.25, 0.3) is 0 Å². The number of likely N-dealkylation sites (N-methyl/N-ethyl adjacent to an activating group) is 1. The molecule has 25 heavy (non-hydrogen) atoms. The minimum atomic E-state index is -0.917. The van der Waals surface area contributed by atoms with Gasteiger partial charge < -0.3 is 10.0 Å². The van der Waals surface area contributed by atoms with Crippen molar-refractivity contribution in [3.8, 4) is 0 Å². The zero-order valence-corrected chi connectivity index (χ0v) is 15.5. The SMILES string of the molecule is CCC(O)(CC)CC(=O)N(C)C(Cc1ccccc1)c1ccccc1. The molecule has 0 saturated carbocycles. The van der Waals surface area contributed by atoms with Gasteiger partial charge >= 0.3 is 0 Å². The first-order valence-corrected chi connectivity index (χ1v) is 9.06. The van der Waals surface area contributed by atoms with Crippen molar-refractivity contribution in [1.29, 1.82) is 0 Å². The smallest absolute Gasteiger partial charge is 0.225 e. The number of carbonyl (C=O) groups excluding carboxylic acids is 1. The van der Waals surface area contributed by atoms with Gasteiger partial charge in [-0.15, -0.1) is 0 Å². The highest BCUT2D eigenvalue weighted by molar-refractivity contribution is 5.77. The highest BCUT2D eigenvalue weighted by atomic mass is 16.3. The van der Waals surface area contributed by atoms with E-state index in [2.05, 4.69) is 24.3 Å². The number of hydrogen-bond donors (Lipinski definition) is 1. The van der Waals surface area contributed by atoms with Crippen LogP contribution < -0.4 is 0 Å². The molecule has 0 aliphatic rings. The van der Waals surface area contributed by atoms with Crippen LogP contribution in [0.15, 0.2) is 60.7 Å². The molecule has 0 aromatic heterocycles. The van der Waals surface area contributed by atoms with Gasteiger partial charge in [-0.05, 0) is 30.4 Å². The number of hydrogen-bond acceptors (Lipinski definition) is 2. The zero-order valence-electron chi connectivity index (χ0n) is 15.5. The lowest BCUT2D eigenvalue weighted by Gasteiger charge is -2.32. The van der Waals surface area contributed by atoms with Crippen molar-refractivity contribution in [2.24, 2.45) is 0 Å². The lowest BCUT2D eigenvalue weighted by atomic mass is 9.91. The first-order chi connectivity index (χ1) is 12.0. The third-order valence-electron chi connectivity index (χ3n) is 5.11. The van der Waals surface area contributed by atoms with E-state index in [1.54, 1.807) is 4.90 Å². The fourth-order valence-corrected chi connectivity index (χ4v) is 3.07. The molecule has 1 unspecified atom stereocenters. The van der Waals surface area contributed by atoms with Crippen LogP contribution in [0.3, 0.4) is 0 Å². The van der Waals surface area contributed by atoms with E-state index in [9.17, 15) is 9.90 Å². The van der Waals surface area contributed by atoms with Crippen LogP contribution in [0, 0.1) is 0 Å². The minimum Gasteiger partial charge on any atom is -0.389 e. The zero-order chi connectivity index (χ0) is 18.3. The molecule has 1 atom stereocenters. The van der Waals surface area contributed by atoms with Crippen LogP contribution in [0.1, 0.15) is 50.3 Å². The van der Waals surface area contributed by atoms with Gasteiger partial charge in [0.1, 0.15) is 0 Å². The predicted octanol–water partition coefficient (Wildman–Crippen LogP) is 4.37. The van der Waals surface area contributed by atoms with Gasteiger partial charge in [-0.2, -0.15) is 0 Å². The first-order valence-electron chi connectivity index (χ1n) is 9.06. The molecular weight excluding hydrogens is 310 g/mol. The summed E-state index contributed by atoms with van der Waals surface area (Å²) < 4.78 is 0. The summed E-state index contributed by atoms with van der Waals surface area (Å²) in [6, 6.07) is 20.3. The van der Waals surface area contributed by atoms with Gasteiger partial charge in [0, 0.05) is 7.05 Å². The van der Waals surface area contributed by atoms with Crippen LogP contribution >= 0.6 is 0 Å². The summed E-state index contributed by atoms with van der Waals surface area (Å²) in [5.41, 5.74) is 1.38. The van der Waals surface area contributed by atoms with E-state index < -0.39 is 5.60 Å².